The molecule has 1 heteroatoms. The first-order valence-electron chi connectivity index (χ1n) is 7.53. The number of allylic oxidation sites excluding steroid dienone is 1. The van der Waals surface area contributed by atoms with Gasteiger partial charge in [-0.1, -0.05) is 48.5 Å². The predicted molar refractivity (Wildman–Crippen MR) is 91.7 cm³/mol. The van der Waals surface area contributed by atoms with Gasteiger partial charge in [-0.15, -0.1) is 0 Å². The van der Waals surface area contributed by atoms with Crippen LogP contribution in [0.25, 0.3) is 38.4 Å². The summed E-state index contributed by atoms with van der Waals surface area (Å²) in [4.78, 5) is 0. The summed E-state index contributed by atoms with van der Waals surface area (Å²) in [7, 11) is 0. The van der Waals surface area contributed by atoms with Gasteiger partial charge in [-0.05, 0) is 61.7 Å². The molecule has 22 heavy (non-hydrogen) atoms. The van der Waals surface area contributed by atoms with Crippen molar-refractivity contribution in [2.45, 2.75) is 6.42 Å². The Balaban J connectivity index is 1.96. The minimum atomic E-state index is -0.0406. The van der Waals surface area contributed by atoms with Gasteiger partial charge in [0.15, 0.2) is 0 Å². The molecule has 0 radical (unpaired) electrons. The Morgan fingerprint density at radius 3 is 2.32 bits per heavy atom. The minimum Gasteiger partial charge on any atom is -0.211 e. The van der Waals surface area contributed by atoms with Crippen molar-refractivity contribution in [1.29, 1.82) is 0 Å². The lowest BCUT2D eigenvalue weighted by atomic mass is 9.94. The molecular weight excluding hydrogens is 271 g/mol. The fourth-order valence-electron chi connectivity index (χ4n) is 3.61. The first-order valence-corrected chi connectivity index (χ1v) is 7.53. The fraction of sp³-hybridized carbons (Fsp3) is 0.0476. The molecule has 0 nitrogen and oxygen atoms in total. The van der Waals surface area contributed by atoms with Gasteiger partial charge in [0.1, 0.15) is 5.83 Å². The SMILES string of the molecule is FC1=Cc2c(ccc3c2ccc2cc4ccccc4cc23)C1. The lowest BCUT2D eigenvalue weighted by Crippen LogP contribution is -1.86. The summed E-state index contributed by atoms with van der Waals surface area (Å²) in [5.41, 5.74) is 2.13. The summed E-state index contributed by atoms with van der Waals surface area (Å²) >= 11 is 0. The third-order valence-corrected chi connectivity index (χ3v) is 4.68. The third-order valence-electron chi connectivity index (χ3n) is 4.68. The molecule has 0 atom stereocenters. The molecule has 4 aromatic rings. The molecular formula is C21H13F. The number of hydrogen-bond acceptors (Lipinski definition) is 0. The van der Waals surface area contributed by atoms with E-state index in [2.05, 4.69) is 60.7 Å². The number of rotatable bonds is 0. The second-order valence-corrected chi connectivity index (χ2v) is 5.99. The smallest absolute Gasteiger partial charge is 0.105 e. The predicted octanol–water partition coefficient (Wildman–Crippen LogP) is 6.01. The quantitative estimate of drug-likeness (QED) is 0.274. The highest BCUT2D eigenvalue weighted by atomic mass is 19.1. The Morgan fingerprint density at radius 1 is 0.682 bits per heavy atom. The molecule has 104 valence electrons. The van der Waals surface area contributed by atoms with Crippen LogP contribution in [-0.2, 0) is 6.42 Å². The lowest BCUT2D eigenvalue weighted by Gasteiger charge is -2.09. The van der Waals surface area contributed by atoms with Crippen molar-refractivity contribution >= 4 is 38.4 Å². The summed E-state index contributed by atoms with van der Waals surface area (Å²) in [6.07, 6.45) is 2.12. The van der Waals surface area contributed by atoms with Gasteiger partial charge in [-0.2, -0.15) is 0 Å². The molecule has 0 aromatic heterocycles. The number of hydrogen-bond donors (Lipinski definition) is 0. The number of benzene rings is 4. The van der Waals surface area contributed by atoms with E-state index in [1.54, 1.807) is 6.08 Å². The normalized spacial score (nSPS) is 13.8. The van der Waals surface area contributed by atoms with Crippen LogP contribution in [0.4, 0.5) is 4.39 Å². The van der Waals surface area contributed by atoms with E-state index in [1.165, 1.54) is 26.9 Å². The average Bonchev–Trinajstić information content (AvgIpc) is 2.93. The van der Waals surface area contributed by atoms with E-state index < -0.39 is 0 Å². The highest BCUT2D eigenvalue weighted by Crippen LogP contribution is 2.36. The van der Waals surface area contributed by atoms with Gasteiger partial charge in [0, 0.05) is 6.42 Å². The van der Waals surface area contributed by atoms with Crippen LogP contribution in [0.5, 0.6) is 0 Å². The van der Waals surface area contributed by atoms with Crippen LogP contribution >= 0.6 is 0 Å². The first-order chi connectivity index (χ1) is 10.8. The summed E-state index contributed by atoms with van der Waals surface area (Å²) in [5.74, 6) is -0.0406. The molecule has 4 aromatic carbocycles. The molecule has 0 saturated heterocycles. The second kappa shape index (κ2) is 4.17. The molecule has 0 fully saturated rings. The zero-order valence-corrected chi connectivity index (χ0v) is 11.9. The standard InChI is InChI=1S/C21H13F/c22-17-10-16-6-8-18-19(21(16)12-17)7-5-15-9-13-3-1-2-4-14(13)11-20(15)18/h1-9,11-12H,10H2. The Hall–Kier alpha value is -2.67. The van der Waals surface area contributed by atoms with Gasteiger partial charge in [-0.3, -0.25) is 0 Å². The molecule has 1 aliphatic carbocycles. The van der Waals surface area contributed by atoms with E-state index in [0.717, 1.165) is 16.5 Å². The van der Waals surface area contributed by atoms with Gasteiger partial charge < -0.3 is 0 Å². The van der Waals surface area contributed by atoms with Crippen LogP contribution in [-0.4, -0.2) is 0 Å². The molecule has 0 aliphatic heterocycles. The number of fused-ring (bicyclic) bond motifs is 6. The van der Waals surface area contributed by atoms with Crippen LogP contribution in [0, 0.1) is 0 Å². The van der Waals surface area contributed by atoms with Crippen molar-refractivity contribution in [3.63, 3.8) is 0 Å². The maximum atomic E-state index is 13.6. The van der Waals surface area contributed by atoms with Crippen LogP contribution in [0.15, 0.2) is 66.5 Å². The van der Waals surface area contributed by atoms with Crippen molar-refractivity contribution in [2.24, 2.45) is 0 Å². The van der Waals surface area contributed by atoms with Crippen molar-refractivity contribution in [2.75, 3.05) is 0 Å². The Kier molecular flexibility index (Phi) is 2.26. The maximum Gasteiger partial charge on any atom is 0.105 e. The molecule has 0 saturated carbocycles. The Bertz CT molecular complexity index is 1100. The van der Waals surface area contributed by atoms with E-state index in [-0.39, 0.29) is 5.83 Å². The van der Waals surface area contributed by atoms with E-state index in [1.807, 2.05) is 0 Å². The van der Waals surface area contributed by atoms with Crippen LogP contribution < -0.4 is 0 Å². The average molecular weight is 284 g/mol. The summed E-state index contributed by atoms with van der Waals surface area (Å²) < 4.78 is 13.6. The van der Waals surface area contributed by atoms with Gasteiger partial charge >= 0.3 is 0 Å². The highest BCUT2D eigenvalue weighted by Gasteiger charge is 2.16. The topological polar surface area (TPSA) is 0 Å². The van der Waals surface area contributed by atoms with Crippen LogP contribution in [0.2, 0.25) is 0 Å². The molecule has 0 bridgehead atoms. The second-order valence-electron chi connectivity index (χ2n) is 5.99. The fourth-order valence-corrected chi connectivity index (χ4v) is 3.61. The van der Waals surface area contributed by atoms with Gasteiger partial charge in [0.25, 0.3) is 0 Å². The van der Waals surface area contributed by atoms with Crippen molar-refractivity contribution < 1.29 is 4.39 Å². The van der Waals surface area contributed by atoms with Gasteiger partial charge in [-0.25, -0.2) is 4.39 Å². The highest BCUT2D eigenvalue weighted by molar-refractivity contribution is 6.14. The third kappa shape index (κ3) is 1.57. The molecule has 5 rings (SSSR count). The maximum absolute atomic E-state index is 13.6. The lowest BCUT2D eigenvalue weighted by molar-refractivity contribution is 0.627. The van der Waals surface area contributed by atoms with Crippen LogP contribution in [0.3, 0.4) is 0 Å². The zero-order chi connectivity index (χ0) is 14.7. The van der Waals surface area contributed by atoms with E-state index in [9.17, 15) is 4.39 Å². The van der Waals surface area contributed by atoms with Crippen LogP contribution in [0.1, 0.15) is 11.1 Å². The van der Waals surface area contributed by atoms with E-state index in [0.29, 0.717) is 6.42 Å². The molecule has 0 unspecified atom stereocenters. The van der Waals surface area contributed by atoms with E-state index >= 15 is 0 Å². The molecule has 0 heterocycles. The van der Waals surface area contributed by atoms with Crippen molar-refractivity contribution in [3.8, 4) is 0 Å². The number of halogens is 1. The van der Waals surface area contributed by atoms with Gasteiger partial charge in [0.2, 0.25) is 0 Å². The van der Waals surface area contributed by atoms with E-state index in [4.69, 9.17) is 0 Å². The van der Waals surface area contributed by atoms with Crippen molar-refractivity contribution in [1.82, 2.24) is 0 Å². The minimum absolute atomic E-state index is 0.0406. The molecule has 0 spiro atoms. The summed E-state index contributed by atoms with van der Waals surface area (Å²) in [6, 6.07) is 21.4. The monoisotopic (exact) mass is 284 g/mol. The molecule has 0 N–H and O–H groups in total. The summed E-state index contributed by atoms with van der Waals surface area (Å²) in [5, 5.41) is 7.31. The Morgan fingerprint density at radius 2 is 1.45 bits per heavy atom. The summed E-state index contributed by atoms with van der Waals surface area (Å²) in [6.45, 7) is 0. The zero-order valence-electron chi connectivity index (χ0n) is 11.9. The molecule has 0 amide bonds. The largest absolute Gasteiger partial charge is 0.211 e. The Labute approximate surface area is 127 Å². The van der Waals surface area contributed by atoms with Gasteiger partial charge in [0.05, 0.1) is 0 Å². The van der Waals surface area contributed by atoms with Crippen molar-refractivity contribution in [3.05, 3.63) is 77.6 Å². The molecule has 1 aliphatic rings. The first kappa shape index (κ1) is 11.9.